The number of benzene rings is 2. The summed E-state index contributed by atoms with van der Waals surface area (Å²) in [5.74, 6) is 1.63. The van der Waals surface area contributed by atoms with Crippen LogP contribution in [-0.2, 0) is 6.54 Å². The Bertz CT molecular complexity index is 1010. The van der Waals surface area contributed by atoms with Gasteiger partial charge in [-0.05, 0) is 36.4 Å². The Balaban J connectivity index is 1.94. The minimum atomic E-state index is -0.413. The number of hydrogen-bond acceptors (Lipinski definition) is 6. The maximum Gasteiger partial charge on any atom is 0.174 e. The van der Waals surface area contributed by atoms with Gasteiger partial charge in [0.25, 0.3) is 0 Å². The monoisotopic (exact) mass is 416 g/mol. The third-order valence-corrected chi connectivity index (χ3v) is 4.60. The lowest BCUT2D eigenvalue weighted by Crippen LogP contribution is -2.15. The number of nitrogens with one attached hydrogen (secondary N) is 1. The van der Waals surface area contributed by atoms with E-state index < -0.39 is 5.82 Å². The minimum absolute atomic E-state index is 0.292. The summed E-state index contributed by atoms with van der Waals surface area (Å²) in [5, 5.41) is 12.2. The maximum absolute atomic E-state index is 14.3. The molecular formula is C21H22ClFN4O2. The Hall–Kier alpha value is -3.06. The van der Waals surface area contributed by atoms with Gasteiger partial charge in [0.05, 0.1) is 25.6 Å². The number of nitrogens with zero attached hydrogens (tertiary/aromatic N) is 3. The second kappa shape index (κ2) is 8.96. The van der Waals surface area contributed by atoms with E-state index in [2.05, 4.69) is 15.5 Å². The first kappa shape index (κ1) is 20.7. The van der Waals surface area contributed by atoms with Crippen molar-refractivity contribution in [2.75, 3.05) is 38.5 Å². The fourth-order valence-corrected chi connectivity index (χ4v) is 3.03. The van der Waals surface area contributed by atoms with E-state index in [1.807, 2.05) is 37.2 Å². The zero-order chi connectivity index (χ0) is 21.0. The van der Waals surface area contributed by atoms with Crippen molar-refractivity contribution in [3.63, 3.8) is 0 Å². The summed E-state index contributed by atoms with van der Waals surface area (Å²) in [6.45, 7) is 0.469. The number of aromatic nitrogens is 2. The molecule has 0 spiro atoms. The molecule has 6 nitrogen and oxygen atoms in total. The topological polar surface area (TPSA) is 59.5 Å². The zero-order valence-electron chi connectivity index (χ0n) is 16.7. The first-order chi connectivity index (χ1) is 13.9. The lowest BCUT2D eigenvalue weighted by molar-refractivity contribution is 0.391. The fourth-order valence-electron chi connectivity index (χ4n) is 2.86. The van der Waals surface area contributed by atoms with Gasteiger partial charge >= 0.3 is 0 Å². The van der Waals surface area contributed by atoms with Gasteiger partial charge in [-0.1, -0.05) is 11.6 Å². The van der Waals surface area contributed by atoms with E-state index in [1.54, 1.807) is 20.3 Å². The van der Waals surface area contributed by atoms with Gasteiger partial charge in [-0.25, -0.2) is 4.39 Å². The standard InChI is InChI=1S/C21H22ClFN4O2/c1-27(2)21-19(24-12-13-5-7-15(28-3)10-20(13)29-4)11-18(25-26-21)16-9-14(22)6-8-17(16)23/h5-11H,12H2,1-4H3,(H,24,25). The third-order valence-electron chi connectivity index (χ3n) is 4.37. The zero-order valence-corrected chi connectivity index (χ0v) is 17.4. The Morgan fingerprint density at radius 1 is 1.03 bits per heavy atom. The summed E-state index contributed by atoms with van der Waals surface area (Å²) in [4.78, 5) is 1.83. The molecule has 2 aromatic carbocycles. The minimum Gasteiger partial charge on any atom is -0.497 e. The Morgan fingerprint density at radius 2 is 1.83 bits per heavy atom. The van der Waals surface area contributed by atoms with Gasteiger partial charge in [0.15, 0.2) is 5.82 Å². The summed E-state index contributed by atoms with van der Waals surface area (Å²) in [5.41, 5.74) is 2.32. The normalized spacial score (nSPS) is 10.6. The number of hydrogen-bond donors (Lipinski definition) is 1. The number of halogens is 2. The molecule has 0 unspecified atom stereocenters. The highest BCUT2D eigenvalue weighted by Gasteiger charge is 2.14. The van der Waals surface area contributed by atoms with Crippen molar-refractivity contribution in [3.05, 3.63) is 58.9 Å². The molecule has 152 valence electrons. The fraction of sp³-hybridized carbons (Fsp3) is 0.238. The molecule has 0 radical (unpaired) electrons. The molecule has 1 heterocycles. The number of methoxy groups -OCH3 is 2. The van der Waals surface area contributed by atoms with E-state index in [0.717, 1.165) is 5.56 Å². The summed E-state index contributed by atoms with van der Waals surface area (Å²) < 4.78 is 25.0. The summed E-state index contributed by atoms with van der Waals surface area (Å²) in [6.07, 6.45) is 0. The summed E-state index contributed by atoms with van der Waals surface area (Å²) >= 11 is 6.02. The average molecular weight is 417 g/mol. The van der Waals surface area contributed by atoms with Crippen LogP contribution in [0.3, 0.4) is 0 Å². The molecule has 1 N–H and O–H groups in total. The SMILES string of the molecule is COc1ccc(CNc2cc(-c3cc(Cl)ccc3F)nnc2N(C)C)c(OC)c1. The number of ether oxygens (including phenoxy) is 2. The van der Waals surface area contributed by atoms with E-state index in [1.165, 1.54) is 18.2 Å². The molecule has 3 rings (SSSR count). The third kappa shape index (κ3) is 4.68. The van der Waals surface area contributed by atoms with Crippen LogP contribution in [0.5, 0.6) is 11.5 Å². The molecule has 1 aromatic heterocycles. The molecule has 0 bridgehead atoms. The molecule has 0 aliphatic heterocycles. The summed E-state index contributed by atoms with van der Waals surface area (Å²) in [7, 11) is 6.94. The van der Waals surface area contributed by atoms with Gasteiger partial charge in [-0.3, -0.25) is 0 Å². The number of anilines is 2. The van der Waals surface area contributed by atoms with Gasteiger partial charge in [0.1, 0.15) is 17.3 Å². The van der Waals surface area contributed by atoms with Crippen LogP contribution in [0.25, 0.3) is 11.3 Å². The highest BCUT2D eigenvalue weighted by atomic mass is 35.5. The van der Waals surface area contributed by atoms with E-state index in [0.29, 0.717) is 45.8 Å². The molecule has 0 aliphatic rings. The molecule has 8 heteroatoms. The van der Waals surface area contributed by atoms with Crippen LogP contribution in [0.1, 0.15) is 5.56 Å². The predicted molar refractivity (Wildman–Crippen MR) is 114 cm³/mol. The van der Waals surface area contributed by atoms with Crippen LogP contribution >= 0.6 is 11.6 Å². The quantitative estimate of drug-likeness (QED) is 0.606. The highest BCUT2D eigenvalue weighted by Crippen LogP contribution is 2.31. The van der Waals surface area contributed by atoms with Crippen LogP contribution in [0, 0.1) is 5.82 Å². The second-order valence-electron chi connectivity index (χ2n) is 6.52. The van der Waals surface area contributed by atoms with Crippen LogP contribution in [-0.4, -0.2) is 38.5 Å². The van der Waals surface area contributed by atoms with Crippen molar-refractivity contribution in [2.24, 2.45) is 0 Å². The Morgan fingerprint density at radius 3 is 2.52 bits per heavy atom. The lowest BCUT2D eigenvalue weighted by atomic mass is 10.1. The van der Waals surface area contributed by atoms with Crippen molar-refractivity contribution in [2.45, 2.75) is 6.54 Å². The van der Waals surface area contributed by atoms with Crippen LogP contribution < -0.4 is 19.7 Å². The smallest absolute Gasteiger partial charge is 0.174 e. The van der Waals surface area contributed by atoms with E-state index in [4.69, 9.17) is 21.1 Å². The van der Waals surface area contributed by atoms with Crippen molar-refractivity contribution in [1.82, 2.24) is 10.2 Å². The average Bonchev–Trinajstić information content (AvgIpc) is 2.73. The van der Waals surface area contributed by atoms with E-state index in [9.17, 15) is 4.39 Å². The van der Waals surface area contributed by atoms with Crippen LogP contribution in [0.15, 0.2) is 42.5 Å². The molecule has 29 heavy (non-hydrogen) atoms. The second-order valence-corrected chi connectivity index (χ2v) is 6.95. The van der Waals surface area contributed by atoms with Crippen LogP contribution in [0.4, 0.5) is 15.9 Å². The Kier molecular flexibility index (Phi) is 6.39. The van der Waals surface area contributed by atoms with Crippen molar-refractivity contribution >= 4 is 23.1 Å². The Labute approximate surface area is 174 Å². The molecule has 0 atom stereocenters. The van der Waals surface area contributed by atoms with Gasteiger partial charge in [0.2, 0.25) is 0 Å². The first-order valence-electron chi connectivity index (χ1n) is 8.88. The lowest BCUT2D eigenvalue weighted by Gasteiger charge is -2.18. The summed E-state index contributed by atoms with van der Waals surface area (Å²) in [6, 6.07) is 11.7. The predicted octanol–water partition coefficient (Wildman–Crippen LogP) is 4.63. The first-order valence-corrected chi connectivity index (χ1v) is 9.26. The van der Waals surface area contributed by atoms with Crippen molar-refractivity contribution in [3.8, 4) is 22.8 Å². The van der Waals surface area contributed by atoms with Crippen molar-refractivity contribution < 1.29 is 13.9 Å². The highest BCUT2D eigenvalue weighted by molar-refractivity contribution is 6.30. The molecule has 0 fully saturated rings. The van der Waals surface area contributed by atoms with Gasteiger partial charge in [-0.15, -0.1) is 10.2 Å². The van der Waals surface area contributed by atoms with Crippen LogP contribution in [0.2, 0.25) is 5.02 Å². The molecule has 0 saturated heterocycles. The molecular weight excluding hydrogens is 395 g/mol. The van der Waals surface area contributed by atoms with Gasteiger partial charge in [0, 0.05) is 42.9 Å². The van der Waals surface area contributed by atoms with Crippen molar-refractivity contribution in [1.29, 1.82) is 0 Å². The van der Waals surface area contributed by atoms with Gasteiger partial charge < -0.3 is 19.7 Å². The molecule has 3 aromatic rings. The van der Waals surface area contributed by atoms with E-state index >= 15 is 0 Å². The maximum atomic E-state index is 14.3. The van der Waals surface area contributed by atoms with Gasteiger partial charge in [-0.2, -0.15) is 0 Å². The largest absolute Gasteiger partial charge is 0.497 e. The molecule has 0 saturated carbocycles. The number of rotatable bonds is 7. The van der Waals surface area contributed by atoms with E-state index in [-0.39, 0.29) is 0 Å². The molecule has 0 amide bonds. The molecule has 0 aliphatic carbocycles.